The lowest BCUT2D eigenvalue weighted by Gasteiger charge is -2.17. The highest BCUT2D eigenvalue weighted by molar-refractivity contribution is 6.29. The third-order valence-electron chi connectivity index (χ3n) is 2.95. The summed E-state index contributed by atoms with van der Waals surface area (Å²) in [5, 5.41) is 0.389. The van der Waals surface area contributed by atoms with Crippen LogP contribution in [-0.4, -0.2) is 16.1 Å². The molecule has 4 heteroatoms. The lowest BCUT2D eigenvalue weighted by atomic mass is 10.1. The first-order valence-corrected chi connectivity index (χ1v) is 6.70. The molecule has 0 saturated carbocycles. The average Bonchev–Trinajstić information content (AvgIpc) is 2.39. The van der Waals surface area contributed by atoms with Crippen molar-refractivity contribution in [2.75, 3.05) is 0 Å². The van der Waals surface area contributed by atoms with E-state index < -0.39 is 0 Å². The van der Waals surface area contributed by atoms with E-state index in [2.05, 4.69) is 23.8 Å². The molecule has 100 valence electrons. The number of hydrogen-bond acceptors (Lipinski definition) is 3. The molecule has 3 nitrogen and oxygen atoms in total. The molecule has 0 radical (unpaired) electrons. The number of aromatic nitrogens is 2. The van der Waals surface area contributed by atoms with Gasteiger partial charge in [-0.25, -0.2) is 4.98 Å². The normalized spacial score (nSPS) is 12.5. The quantitative estimate of drug-likeness (QED) is 0.784. The Bertz CT molecular complexity index is 543. The molecular formula is C15H17ClN2O. The Morgan fingerprint density at radius 1 is 1.05 bits per heavy atom. The fourth-order valence-corrected chi connectivity index (χ4v) is 1.67. The van der Waals surface area contributed by atoms with Crippen LogP contribution in [0.3, 0.4) is 0 Å². The molecule has 1 unspecified atom stereocenters. The lowest BCUT2D eigenvalue weighted by Crippen LogP contribution is -2.19. The highest BCUT2D eigenvalue weighted by Gasteiger charge is 2.12. The maximum atomic E-state index is 6.03. The van der Waals surface area contributed by atoms with Gasteiger partial charge in [0.2, 0.25) is 5.88 Å². The van der Waals surface area contributed by atoms with Crippen molar-refractivity contribution in [3.05, 3.63) is 41.6 Å². The topological polar surface area (TPSA) is 35.0 Å². The molecule has 1 heterocycles. The van der Waals surface area contributed by atoms with Crippen molar-refractivity contribution in [3.8, 4) is 17.3 Å². The van der Waals surface area contributed by atoms with Crippen LogP contribution in [0.2, 0.25) is 5.15 Å². The molecule has 19 heavy (non-hydrogen) atoms. The van der Waals surface area contributed by atoms with Gasteiger partial charge in [-0.2, -0.15) is 4.98 Å². The second kappa shape index (κ2) is 6.02. The molecule has 1 atom stereocenters. The molecule has 1 aromatic heterocycles. The van der Waals surface area contributed by atoms with Gasteiger partial charge in [0, 0.05) is 11.6 Å². The van der Waals surface area contributed by atoms with Crippen molar-refractivity contribution in [1.29, 1.82) is 0 Å². The summed E-state index contributed by atoms with van der Waals surface area (Å²) in [7, 11) is 0. The van der Waals surface area contributed by atoms with Crippen LogP contribution in [0.15, 0.2) is 36.4 Å². The highest BCUT2D eigenvalue weighted by atomic mass is 35.5. The predicted octanol–water partition coefficient (Wildman–Crippen LogP) is 4.22. The summed E-state index contributed by atoms with van der Waals surface area (Å²) in [6.07, 6.45) is 0.0783. The highest BCUT2D eigenvalue weighted by Crippen LogP contribution is 2.22. The molecule has 0 amide bonds. The minimum atomic E-state index is 0.0783. The molecule has 0 spiro atoms. The van der Waals surface area contributed by atoms with E-state index in [4.69, 9.17) is 16.3 Å². The fraction of sp³-hybridized carbons (Fsp3) is 0.333. The SMILES string of the molecule is CC(C)C(C)Oc1cc(Cl)nc(-c2ccccc2)n1. The average molecular weight is 277 g/mol. The van der Waals surface area contributed by atoms with Crippen LogP contribution in [0, 0.1) is 5.92 Å². The number of rotatable bonds is 4. The van der Waals surface area contributed by atoms with Crippen LogP contribution in [0.5, 0.6) is 5.88 Å². The van der Waals surface area contributed by atoms with E-state index in [9.17, 15) is 0 Å². The molecule has 0 saturated heterocycles. The summed E-state index contributed by atoms with van der Waals surface area (Å²) in [6.45, 7) is 6.22. The molecule has 0 N–H and O–H groups in total. The van der Waals surface area contributed by atoms with E-state index >= 15 is 0 Å². The standard InChI is InChI=1S/C15H17ClN2O/c1-10(2)11(3)19-14-9-13(16)17-15(18-14)12-7-5-4-6-8-12/h4-11H,1-3H3. The van der Waals surface area contributed by atoms with E-state index in [0.29, 0.717) is 22.8 Å². The van der Waals surface area contributed by atoms with Crippen LogP contribution in [-0.2, 0) is 0 Å². The van der Waals surface area contributed by atoms with E-state index in [0.717, 1.165) is 5.56 Å². The van der Waals surface area contributed by atoms with Crippen LogP contribution in [0.25, 0.3) is 11.4 Å². The second-order valence-electron chi connectivity index (χ2n) is 4.79. The van der Waals surface area contributed by atoms with Gasteiger partial charge in [0.1, 0.15) is 5.15 Å². The first-order valence-electron chi connectivity index (χ1n) is 6.33. The Kier molecular flexibility index (Phi) is 4.38. The number of hydrogen-bond donors (Lipinski definition) is 0. The van der Waals surface area contributed by atoms with Crippen LogP contribution in [0.4, 0.5) is 0 Å². The summed E-state index contributed by atoms with van der Waals surface area (Å²) in [4.78, 5) is 8.64. The lowest BCUT2D eigenvalue weighted by molar-refractivity contribution is 0.163. The van der Waals surface area contributed by atoms with Crippen molar-refractivity contribution in [3.63, 3.8) is 0 Å². The second-order valence-corrected chi connectivity index (χ2v) is 5.17. The van der Waals surface area contributed by atoms with Gasteiger partial charge in [0.15, 0.2) is 5.82 Å². The Hall–Kier alpha value is -1.61. The van der Waals surface area contributed by atoms with E-state index in [1.807, 2.05) is 37.3 Å². The smallest absolute Gasteiger partial charge is 0.218 e. The largest absolute Gasteiger partial charge is 0.474 e. The Morgan fingerprint density at radius 3 is 2.37 bits per heavy atom. The van der Waals surface area contributed by atoms with Crippen LogP contribution >= 0.6 is 11.6 Å². The number of ether oxygens (including phenoxy) is 1. The minimum Gasteiger partial charge on any atom is -0.474 e. The molecule has 1 aromatic carbocycles. The van der Waals surface area contributed by atoms with Gasteiger partial charge in [-0.15, -0.1) is 0 Å². The molecule has 0 aliphatic rings. The van der Waals surface area contributed by atoms with Crippen molar-refractivity contribution in [2.24, 2.45) is 5.92 Å². The zero-order chi connectivity index (χ0) is 13.8. The first kappa shape index (κ1) is 13.8. The van der Waals surface area contributed by atoms with Gasteiger partial charge in [-0.1, -0.05) is 55.8 Å². The first-order chi connectivity index (χ1) is 9.06. The van der Waals surface area contributed by atoms with E-state index in [1.165, 1.54) is 0 Å². The van der Waals surface area contributed by atoms with Gasteiger partial charge >= 0.3 is 0 Å². The van der Waals surface area contributed by atoms with E-state index in [-0.39, 0.29) is 6.10 Å². The van der Waals surface area contributed by atoms with Crippen LogP contribution < -0.4 is 4.74 Å². The van der Waals surface area contributed by atoms with Crippen molar-refractivity contribution >= 4 is 11.6 Å². The Labute approximate surface area is 118 Å². The molecule has 2 rings (SSSR count). The third kappa shape index (κ3) is 3.67. The zero-order valence-corrected chi connectivity index (χ0v) is 12.1. The van der Waals surface area contributed by atoms with Gasteiger partial charge in [-0.05, 0) is 12.8 Å². The fourth-order valence-electron chi connectivity index (χ4n) is 1.50. The summed E-state index contributed by atoms with van der Waals surface area (Å²) >= 11 is 6.03. The van der Waals surface area contributed by atoms with Crippen molar-refractivity contribution in [1.82, 2.24) is 9.97 Å². The summed E-state index contributed by atoms with van der Waals surface area (Å²) in [5.74, 6) is 1.51. The van der Waals surface area contributed by atoms with Gasteiger partial charge < -0.3 is 4.74 Å². The Morgan fingerprint density at radius 2 is 1.74 bits per heavy atom. The molecule has 2 aromatic rings. The van der Waals surface area contributed by atoms with Crippen molar-refractivity contribution < 1.29 is 4.74 Å². The molecule has 0 fully saturated rings. The predicted molar refractivity (Wildman–Crippen MR) is 77.4 cm³/mol. The monoisotopic (exact) mass is 276 g/mol. The number of halogens is 1. The summed E-state index contributed by atoms with van der Waals surface area (Å²) < 4.78 is 5.78. The summed E-state index contributed by atoms with van der Waals surface area (Å²) in [6, 6.07) is 11.4. The minimum absolute atomic E-state index is 0.0783. The Balaban J connectivity index is 2.30. The van der Waals surface area contributed by atoms with Crippen molar-refractivity contribution in [2.45, 2.75) is 26.9 Å². The summed E-state index contributed by atoms with van der Waals surface area (Å²) in [5.41, 5.74) is 0.923. The van der Waals surface area contributed by atoms with Gasteiger partial charge in [0.25, 0.3) is 0 Å². The zero-order valence-electron chi connectivity index (χ0n) is 11.3. The number of benzene rings is 1. The number of nitrogens with zero attached hydrogens (tertiary/aromatic N) is 2. The maximum Gasteiger partial charge on any atom is 0.218 e. The van der Waals surface area contributed by atoms with Crippen LogP contribution in [0.1, 0.15) is 20.8 Å². The molecule has 0 aliphatic heterocycles. The molecule has 0 bridgehead atoms. The van der Waals surface area contributed by atoms with Gasteiger partial charge in [0.05, 0.1) is 6.10 Å². The van der Waals surface area contributed by atoms with Gasteiger partial charge in [-0.3, -0.25) is 0 Å². The molecule has 0 aliphatic carbocycles. The van der Waals surface area contributed by atoms with E-state index in [1.54, 1.807) is 6.07 Å². The third-order valence-corrected chi connectivity index (χ3v) is 3.14. The maximum absolute atomic E-state index is 6.03. The molecular weight excluding hydrogens is 260 g/mol.